The summed E-state index contributed by atoms with van der Waals surface area (Å²) in [7, 11) is 0. The second-order valence-corrected chi connectivity index (χ2v) is 2.55. The molecule has 0 aromatic rings. The Balaban J connectivity index is -0.000000245. The average Bonchev–Trinajstić information content (AvgIpc) is 1.66. The van der Waals surface area contributed by atoms with Gasteiger partial charge in [0.2, 0.25) is 0 Å². The number of rotatable bonds is 4. The van der Waals surface area contributed by atoms with E-state index in [2.05, 4.69) is 0 Å². The monoisotopic (exact) mass is 174 g/mol. The topological polar surface area (TPSA) is 37.3 Å². The third kappa shape index (κ3) is 12.6. The number of carbonyl (C=O) groups is 1. The van der Waals surface area contributed by atoms with E-state index in [4.69, 9.17) is 5.11 Å². The Morgan fingerprint density at radius 3 is 2.67 bits per heavy atom. The van der Waals surface area contributed by atoms with Crippen LogP contribution >= 0.6 is 11.8 Å². The maximum absolute atomic E-state index is 9.85. The summed E-state index contributed by atoms with van der Waals surface area (Å²) in [6, 6.07) is 0. The van der Waals surface area contributed by atoms with E-state index in [0.29, 0.717) is 0 Å². The molecule has 1 N–H and O–H groups in total. The van der Waals surface area contributed by atoms with Crippen LogP contribution in [0.3, 0.4) is 0 Å². The molecule has 0 unspecified atom stereocenters. The molecular weight excluding hydrogens is 163 g/mol. The van der Waals surface area contributed by atoms with Crippen LogP contribution in [-0.4, -0.2) is 22.6 Å². The quantitative estimate of drug-likeness (QED) is 0.409. The first kappa shape index (κ1) is 13.1. The van der Waals surface area contributed by atoms with E-state index in [1.54, 1.807) is 0 Å². The molecule has 9 heavy (non-hydrogen) atoms. The summed E-state index contributed by atoms with van der Waals surface area (Å²) in [5.41, 5.74) is 0. The van der Waals surface area contributed by atoms with Crippen molar-refractivity contribution >= 4 is 17.7 Å². The number of hydrogen-bond donors (Lipinski definition) is 1. The molecule has 0 saturated heterocycles. The van der Waals surface area contributed by atoms with Gasteiger partial charge in [0.05, 0.1) is 5.75 Å². The van der Waals surface area contributed by atoms with Crippen LogP contribution in [0.1, 0.15) is 14.8 Å². The zero-order valence-electron chi connectivity index (χ0n) is 6.89. The van der Waals surface area contributed by atoms with Gasteiger partial charge in [0.1, 0.15) is 0 Å². The largest absolute Gasteiger partial charge is 1.00 e. The molecule has 50 valence electrons. The van der Waals surface area contributed by atoms with Crippen LogP contribution in [-0.2, 0) is 4.79 Å². The first-order valence-electron chi connectivity index (χ1n) is 2.57. The summed E-state index contributed by atoms with van der Waals surface area (Å²) >= 11 is 1.46. The van der Waals surface area contributed by atoms with Crippen LogP contribution in [0.5, 0.6) is 0 Å². The van der Waals surface area contributed by atoms with E-state index in [0.717, 1.165) is 12.2 Å². The molecule has 0 aliphatic rings. The Kier molecular flexibility index (Phi) is 13.7. The molecule has 0 rings (SSSR count). The third-order valence-electron chi connectivity index (χ3n) is 0.574. The van der Waals surface area contributed by atoms with Crippen molar-refractivity contribution < 1.29 is 62.7 Å². The Hall–Kier alpha value is 1.46. The molecule has 0 radical (unpaired) electrons. The van der Waals surface area contributed by atoms with Gasteiger partial charge >= 0.3 is 57.4 Å². The minimum Gasteiger partial charge on any atom is -1.00 e. The van der Waals surface area contributed by atoms with Crippen LogP contribution in [0.4, 0.5) is 0 Å². The molecule has 0 heterocycles. The maximum Gasteiger partial charge on any atom is 1.00 e. The predicted molar refractivity (Wildman–Crippen MR) is 36.4 cm³/mol. The first-order chi connectivity index (χ1) is 3.77. The Labute approximate surface area is 104 Å². The van der Waals surface area contributed by atoms with Crippen LogP contribution in [0.2, 0.25) is 0 Å². The fourth-order valence-electron chi connectivity index (χ4n) is 0.304. The van der Waals surface area contributed by atoms with Gasteiger partial charge in [0.15, 0.2) is 0 Å². The zero-order valence-corrected chi connectivity index (χ0v) is 9.82. The Morgan fingerprint density at radius 1 is 1.78 bits per heavy atom. The molecule has 0 aromatic heterocycles. The maximum atomic E-state index is 9.85. The van der Waals surface area contributed by atoms with Crippen molar-refractivity contribution in [3.8, 4) is 0 Å². The van der Waals surface area contributed by atoms with Crippen LogP contribution in [0.15, 0.2) is 0 Å². The molecular formula is C5H11KO2S. The van der Waals surface area contributed by atoms with E-state index in [9.17, 15) is 4.79 Å². The average molecular weight is 174 g/mol. The minimum atomic E-state index is -0.719. The van der Waals surface area contributed by atoms with Crippen LogP contribution in [0, 0.1) is 0 Å². The molecule has 0 aliphatic heterocycles. The van der Waals surface area contributed by atoms with Crippen molar-refractivity contribution in [3.05, 3.63) is 0 Å². The zero-order chi connectivity index (χ0) is 6.41. The molecule has 4 heteroatoms. The molecule has 0 spiro atoms. The summed E-state index contributed by atoms with van der Waals surface area (Å²) in [6.07, 6.45) is 1.05. The fraction of sp³-hybridized carbons (Fsp3) is 0.800. The summed E-state index contributed by atoms with van der Waals surface area (Å²) in [5, 5.41) is 8.12. The van der Waals surface area contributed by atoms with Crippen molar-refractivity contribution in [3.63, 3.8) is 0 Å². The molecule has 0 aliphatic carbocycles. The van der Waals surface area contributed by atoms with Gasteiger partial charge in [-0.25, -0.2) is 0 Å². The number of hydrogen-bond acceptors (Lipinski definition) is 2. The van der Waals surface area contributed by atoms with Crippen molar-refractivity contribution in [2.75, 3.05) is 11.5 Å². The van der Waals surface area contributed by atoms with Crippen LogP contribution in [0.25, 0.3) is 0 Å². The second kappa shape index (κ2) is 9.46. The Bertz CT molecular complexity index is 82.0. The van der Waals surface area contributed by atoms with Crippen molar-refractivity contribution in [1.82, 2.24) is 0 Å². The molecule has 0 bridgehead atoms. The summed E-state index contributed by atoms with van der Waals surface area (Å²) in [4.78, 5) is 9.85. The molecule has 0 saturated carbocycles. The number of aliphatic carboxylic acids is 1. The normalized spacial score (nSPS) is 8.11. The summed E-state index contributed by atoms with van der Waals surface area (Å²) in [5.74, 6) is 0.476. The first-order valence-corrected chi connectivity index (χ1v) is 3.72. The number of carboxylic acids is 1. The Morgan fingerprint density at radius 2 is 2.33 bits per heavy atom. The predicted octanol–water partition coefficient (Wildman–Crippen LogP) is -1.67. The minimum absolute atomic E-state index is 0. The number of thioether (sulfide) groups is 1. The summed E-state index contributed by atoms with van der Waals surface area (Å²) in [6.45, 7) is 2.04. The SMILES string of the molecule is CCCSCC(=O)O.[H-].[K+]. The van der Waals surface area contributed by atoms with Gasteiger partial charge in [0.25, 0.3) is 0 Å². The van der Waals surface area contributed by atoms with Gasteiger partial charge in [-0.2, -0.15) is 11.8 Å². The molecule has 0 amide bonds. The van der Waals surface area contributed by atoms with Gasteiger partial charge in [-0.1, -0.05) is 6.92 Å². The molecule has 2 nitrogen and oxygen atoms in total. The van der Waals surface area contributed by atoms with Crippen molar-refractivity contribution in [2.24, 2.45) is 0 Å². The van der Waals surface area contributed by atoms with Gasteiger partial charge in [-0.15, -0.1) is 0 Å². The van der Waals surface area contributed by atoms with E-state index in [1.165, 1.54) is 11.8 Å². The fourth-order valence-corrected chi connectivity index (χ4v) is 0.911. The smallest absolute Gasteiger partial charge is 1.00 e. The number of carboxylic acid groups (broad SMARTS) is 1. The van der Waals surface area contributed by atoms with E-state index in [-0.39, 0.29) is 58.6 Å². The van der Waals surface area contributed by atoms with Gasteiger partial charge in [0, 0.05) is 0 Å². The van der Waals surface area contributed by atoms with Gasteiger partial charge < -0.3 is 6.53 Å². The van der Waals surface area contributed by atoms with Crippen molar-refractivity contribution in [1.29, 1.82) is 0 Å². The third-order valence-corrected chi connectivity index (χ3v) is 1.72. The van der Waals surface area contributed by atoms with E-state index >= 15 is 0 Å². The molecule has 0 aromatic carbocycles. The van der Waals surface area contributed by atoms with E-state index in [1.807, 2.05) is 6.92 Å². The molecule has 0 fully saturated rings. The van der Waals surface area contributed by atoms with Gasteiger partial charge in [-0.3, -0.25) is 4.79 Å². The second-order valence-electron chi connectivity index (χ2n) is 1.45. The van der Waals surface area contributed by atoms with Gasteiger partial charge in [-0.05, 0) is 12.2 Å². The van der Waals surface area contributed by atoms with Crippen molar-refractivity contribution in [2.45, 2.75) is 13.3 Å². The molecule has 0 atom stereocenters. The standard InChI is InChI=1S/C5H10O2S.K.H/c1-2-3-8-4-5(6)7;;/h2-4H2,1H3,(H,6,7);;/q;+1;-1. The van der Waals surface area contributed by atoms with Crippen LogP contribution < -0.4 is 51.4 Å². The van der Waals surface area contributed by atoms with E-state index < -0.39 is 5.97 Å². The summed E-state index contributed by atoms with van der Waals surface area (Å²) < 4.78 is 0.